The molecule has 3 rings (SSSR count). The third-order valence-electron chi connectivity index (χ3n) is 2.57. The highest BCUT2D eigenvalue weighted by atomic mass is 14.9. The number of nitrogens with zero attached hydrogens (tertiary/aromatic N) is 1. The summed E-state index contributed by atoms with van der Waals surface area (Å²) in [5.74, 6) is 6.30. The average Bonchev–Trinajstić information content (AvgIpc) is 2.86. The molecule has 0 spiro atoms. The van der Waals surface area contributed by atoms with Gasteiger partial charge >= 0.3 is 0 Å². The van der Waals surface area contributed by atoms with E-state index in [9.17, 15) is 0 Å². The summed E-state index contributed by atoms with van der Waals surface area (Å²) in [5, 5.41) is 0. The van der Waals surface area contributed by atoms with Gasteiger partial charge in [0.2, 0.25) is 0 Å². The summed E-state index contributed by atoms with van der Waals surface area (Å²) in [5.41, 5.74) is 3.91. The highest BCUT2D eigenvalue weighted by Gasteiger charge is 1.99. The van der Waals surface area contributed by atoms with Crippen LogP contribution in [0.15, 0.2) is 54.9 Å². The van der Waals surface area contributed by atoms with Crippen LogP contribution in [0.5, 0.6) is 0 Å². The fourth-order valence-corrected chi connectivity index (χ4v) is 1.73. The molecule has 2 aromatic carbocycles. The number of rotatable bonds is 0. The molecule has 0 aliphatic rings. The molecule has 0 aliphatic heterocycles. The Bertz CT molecular complexity index is 700. The molecule has 2 heteroatoms. The Morgan fingerprint density at radius 3 is 2.65 bits per heavy atom. The molecule has 0 saturated carbocycles. The highest BCUT2D eigenvalue weighted by molar-refractivity contribution is 5.81. The molecule has 1 aromatic heterocycles. The monoisotopic (exact) mass is 218 g/mol. The summed E-state index contributed by atoms with van der Waals surface area (Å²) < 4.78 is 0. The fourth-order valence-electron chi connectivity index (χ4n) is 1.73. The number of H-pyrrole nitrogens is 1. The Morgan fingerprint density at radius 2 is 1.76 bits per heavy atom. The fraction of sp³-hybridized carbons (Fsp3) is 0. The lowest BCUT2D eigenvalue weighted by Gasteiger charge is -1.92. The zero-order valence-electron chi connectivity index (χ0n) is 9.14. The standard InChI is InChI=1S/C15H10N2/c1-2-5-12(6-3-1)9-10-13-7-4-8-14-15(13)17-11-16-14/h1-8,11H,(H,16,17). The van der Waals surface area contributed by atoms with E-state index >= 15 is 0 Å². The summed E-state index contributed by atoms with van der Waals surface area (Å²) in [4.78, 5) is 7.35. The van der Waals surface area contributed by atoms with Crippen LogP contribution in [0, 0.1) is 11.8 Å². The van der Waals surface area contributed by atoms with E-state index in [0.29, 0.717) is 0 Å². The maximum absolute atomic E-state index is 4.27. The van der Waals surface area contributed by atoms with Gasteiger partial charge in [0.25, 0.3) is 0 Å². The Hall–Kier alpha value is -2.53. The zero-order valence-corrected chi connectivity index (χ0v) is 9.14. The van der Waals surface area contributed by atoms with Gasteiger partial charge in [-0.1, -0.05) is 36.1 Å². The Labute approximate surface area is 99.3 Å². The van der Waals surface area contributed by atoms with Crippen LogP contribution < -0.4 is 0 Å². The van der Waals surface area contributed by atoms with E-state index in [4.69, 9.17) is 0 Å². The van der Waals surface area contributed by atoms with E-state index < -0.39 is 0 Å². The van der Waals surface area contributed by atoms with Crippen LogP contribution in [0.1, 0.15) is 11.1 Å². The molecule has 0 bridgehead atoms. The maximum atomic E-state index is 4.27. The van der Waals surface area contributed by atoms with Crippen LogP contribution in [0.3, 0.4) is 0 Å². The number of aromatic nitrogens is 2. The van der Waals surface area contributed by atoms with Crippen molar-refractivity contribution in [3.05, 3.63) is 66.0 Å². The molecule has 0 saturated heterocycles. The largest absolute Gasteiger partial charge is 0.345 e. The predicted molar refractivity (Wildman–Crippen MR) is 68.5 cm³/mol. The van der Waals surface area contributed by atoms with Crippen molar-refractivity contribution >= 4 is 11.0 Å². The van der Waals surface area contributed by atoms with Crippen molar-refractivity contribution in [2.24, 2.45) is 0 Å². The van der Waals surface area contributed by atoms with Gasteiger partial charge in [0.15, 0.2) is 0 Å². The smallest absolute Gasteiger partial charge is 0.104 e. The number of hydrogen-bond donors (Lipinski definition) is 1. The molecule has 2 nitrogen and oxygen atoms in total. The molecule has 17 heavy (non-hydrogen) atoms. The third-order valence-corrected chi connectivity index (χ3v) is 2.57. The number of aromatic amines is 1. The van der Waals surface area contributed by atoms with Crippen LogP contribution in [0.4, 0.5) is 0 Å². The first-order valence-electron chi connectivity index (χ1n) is 5.43. The average molecular weight is 218 g/mol. The lowest BCUT2D eigenvalue weighted by atomic mass is 10.1. The lowest BCUT2D eigenvalue weighted by Crippen LogP contribution is -1.78. The number of fused-ring (bicyclic) bond motifs is 1. The SMILES string of the molecule is C(#Cc1cccc2[nH]cnc12)c1ccccc1. The number of imidazole rings is 1. The van der Waals surface area contributed by atoms with Crippen LogP contribution in [0.2, 0.25) is 0 Å². The molecular weight excluding hydrogens is 208 g/mol. The molecule has 0 aliphatic carbocycles. The summed E-state index contributed by atoms with van der Waals surface area (Å²) in [6.45, 7) is 0. The minimum Gasteiger partial charge on any atom is -0.345 e. The first kappa shape index (κ1) is 9.68. The number of para-hydroxylation sites is 1. The van der Waals surface area contributed by atoms with Gasteiger partial charge in [0.1, 0.15) is 5.52 Å². The van der Waals surface area contributed by atoms with Gasteiger partial charge in [-0.25, -0.2) is 4.98 Å². The quantitative estimate of drug-likeness (QED) is 0.577. The Morgan fingerprint density at radius 1 is 0.882 bits per heavy atom. The van der Waals surface area contributed by atoms with Crippen LogP contribution in [0.25, 0.3) is 11.0 Å². The Balaban J connectivity index is 2.06. The molecule has 0 atom stereocenters. The second kappa shape index (κ2) is 4.15. The van der Waals surface area contributed by atoms with Gasteiger partial charge in [0, 0.05) is 5.56 Å². The third kappa shape index (κ3) is 1.91. The van der Waals surface area contributed by atoms with Crippen molar-refractivity contribution in [1.29, 1.82) is 0 Å². The van der Waals surface area contributed by atoms with Gasteiger partial charge in [0.05, 0.1) is 17.4 Å². The van der Waals surface area contributed by atoms with E-state index in [-0.39, 0.29) is 0 Å². The number of nitrogens with one attached hydrogen (secondary N) is 1. The van der Waals surface area contributed by atoms with Gasteiger partial charge < -0.3 is 4.98 Å². The lowest BCUT2D eigenvalue weighted by molar-refractivity contribution is 1.34. The van der Waals surface area contributed by atoms with E-state index in [1.54, 1.807) is 6.33 Å². The van der Waals surface area contributed by atoms with Crippen LogP contribution in [-0.4, -0.2) is 9.97 Å². The maximum Gasteiger partial charge on any atom is 0.104 e. The van der Waals surface area contributed by atoms with Crippen molar-refractivity contribution in [2.75, 3.05) is 0 Å². The van der Waals surface area contributed by atoms with E-state index in [2.05, 4.69) is 21.8 Å². The van der Waals surface area contributed by atoms with Gasteiger partial charge in [-0.2, -0.15) is 0 Å². The molecule has 80 valence electrons. The van der Waals surface area contributed by atoms with E-state index in [1.165, 1.54) is 0 Å². The molecule has 0 amide bonds. The van der Waals surface area contributed by atoms with Gasteiger partial charge in [-0.05, 0) is 24.3 Å². The molecule has 1 heterocycles. The first-order chi connectivity index (χ1) is 8.43. The summed E-state index contributed by atoms with van der Waals surface area (Å²) in [6.07, 6.45) is 1.69. The van der Waals surface area contributed by atoms with Crippen molar-refractivity contribution in [3.8, 4) is 11.8 Å². The molecule has 0 fully saturated rings. The van der Waals surface area contributed by atoms with Crippen molar-refractivity contribution in [2.45, 2.75) is 0 Å². The Kier molecular flexibility index (Phi) is 2.36. The topological polar surface area (TPSA) is 28.7 Å². The zero-order chi connectivity index (χ0) is 11.5. The van der Waals surface area contributed by atoms with Crippen molar-refractivity contribution in [1.82, 2.24) is 9.97 Å². The minimum atomic E-state index is 0.927. The number of benzene rings is 2. The predicted octanol–water partition coefficient (Wildman–Crippen LogP) is 2.96. The summed E-state index contributed by atoms with van der Waals surface area (Å²) in [6, 6.07) is 15.9. The minimum absolute atomic E-state index is 0.927. The summed E-state index contributed by atoms with van der Waals surface area (Å²) in [7, 11) is 0. The van der Waals surface area contributed by atoms with Gasteiger partial charge in [-0.15, -0.1) is 0 Å². The molecule has 1 N–H and O–H groups in total. The second-order valence-electron chi connectivity index (χ2n) is 3.72. The van der Waals surface area contributed by atoms with Gasteiger partial charge in [-0.3, -0.25) is 0 Å². The number of hydrogen-bond acceptors (Lipinski definition) is 1. The molecular formula is C15H10N2. The van der Waals surface area contributed by atoms with E-state index in [1.807, 2.05) is 48.5 Å². The first-order valence-corrected chi connectivity index (χ1v) is 5.43. The molecule has 3 aromatic rings. The second-order valence-corrected chi connectivity index (χ2v) is 3.72. The molecule has 0 unspecified atom stereocenters. The van der Waals surface area contributed by atoms with Crippen molar-refractivity contribution in [3.63, 3.8) is 0 Å². The van der Waals surface area contributed by atoms with Crippen LogP contribution in [-0.2, 0) is 0 Å². The normalized spacial score (nSPS) is 9.88. The van der Waals surface area contributed by atoms with E-state index in [0.717, 1.165) is 22.2 Å². The highest BCUT2D eigenvalue weighted by Crippen LogP contribution is 2.13. The molecule has 0 radical (unpaired) electrons. The van der Waals surface area contributed by atoms with Crippen LogP contribution >= 0.6 is 0 Å². The van der Waals surface area contributed by atoms with Crippen molar-refractivity contribution < 1.29 is 0 Å². The summed E-state index contributed by atoms with van der Waals surface area (Å²) >= 11 is 0.